The Hall–Kier alpha value is -1.71. The Morgan fingerprint density at radius 3 is 2.43 bits per heavy atom. The molecule has 0 spiro atoms. The van der Waals surface area contributed by atoms with Crippen molar-refractivity contribution < 1.29 is 13.3 Å². The van der Waals surface area contributed by atoms with Gasteiger partial charge in [0, 0.05) is 25.7 Å². The molecule has 0 aromatic heterocycles. The van der Waals surface area contributed by atoms with Crippen LogP contribution >= 0.6 is 0 Å². The van der Waals surface area contributed by atoms with Crippen LogP contribution in [0.5, 0.6) is 0 Å². The molecule has 0 saturated carbocycles. The molecule has 0 bridgehead atoms. The van der Waals surface area contributed by atoms with Crippen molar-refractivity contribution in [2.75, 3.05) is 38.5 Å². The number of nitro benzene ring substituents is 1. The zero-order valence-electron chi connectivity index (χ0n) is 13.7. The van der Waals surface area contributed by atoms with E-state index in [1.807, 2.05) is 0 Å². The van der Waals surface area contributed by atoms with Gasteiger partial charge in [-0.1, -0.05) is 13.8 Å². The number of rotatable bonds is 10. The summed E-state index contributed by atoms with van der Waals surface area (Å²) >= 11 is 0. The molecule has 1 aromatic carbocycles. The Morgan fingerprint density at radius 2 is 1.91 bits per heavy atom. The van der Waals surface area contributed by atoms with Gasteiger partial charge in [0.05, 0.1) is 10.6 Å². The van der Waals surface area contributed by atoms with E-state index in [1.54, 1.807) is 7.05 Å². The Bertz CT molecular complexity index is 630. The van der Waals surface area contributed by atoms with E-state index in [-0.39, 0.29) is 17.1 Å². The van der Waals surface area contributed by atoms with Gasteiger partial charge in [-0.25, -0.2) is 13.1 Å². The molecule has 0 heterocycles. The lowest BCUT2D eigenvalue weighted by atomic mass is 10.3. The predicted molar refractivity (Wildman–Crippen MR) is 90.2 cm³/mol. The van der Waals surface area contributed by atoms with E-state index in [0.717, 1.165) is 25.7 Å². The lowest BCUT2D eigenvalue weighted by molar-refractivity contribution is -0.385. The Balaban J connectivity index is 2.83. The average molecular weight is 344 g/mol. The smallest absolute Gasteiger partial charge is 0.270 e. The van der Waals surface area contributed by atoms with Gasteiger partial charge in [0.1, 0.15) is 4.90 Å². The first-order valence-corrected chi connectivity index (χ1v) is 9.02. The number of sulfonamides is 1. The van der Waals surface area contributed by atoms with Crippen molar-refractivity contribution >= 4 is 21.4 Å². The summed E-state index contributed by atoms with van der Waals surface area (Å²) in [6.07, 6.45) is 0.671. The Morgan fingerprint density at radius 1 is 1.26 bits per heavy atom. The Labute approximate surface area is 137 Å². The third-order valence-corrected chi connectivity index (χ3v) is 5.07. The zero-order chi connectivity index (χ0) is 17.5. The topological polar surface area (TPSA) is 105 Å². The zero-order valence-corrected chi connectivity index (χ0v) is 14.5. The fourth-order valence-electron chi connectivity index (χ4n) is 2.18. The number of benzene rings is 1. The lowest BCUT2D eigenvalue weighted by Crippen LogP contribution is -2.30. The molecule has 130 valence electrons. The van der Waals surface area contributed by atoms with Gasteiger partial charge in [0.2, 0.25) is 10.0 Å². The van der Waals surface area contributed by atoms with Crippen molar-refractivity contribution in [3.05, 3.63) is 28.3 Å². The number of nitrogens with one attached hydrogen (secondary N) is 2. The maximum atomic E-state index is 12.4. The predicted octanol–water partition coefficient (Wildman–Crippen LogP) is 1.65. The van der Waals surface area contributed by atoms with Gasteiger partial charge in [0.15, 0.2) is 0 Å². The van der Waals surface area contributed by atoms with Crippen LogP contribution < -0.4 is 10.0 Å². The standard InChI is InChI=1S/C14H24N4O4S/c1-4-17(5-2)10-6-9-16-23(21,22)14-11-12(18(19)20)7-8-13(14)15-3/h7-8,11,15-16H,4-6,9-10H2,1-3H3. The van der Waals surface area contributed by atoms with Crippen LogP contribution in [0.1, 0.15) is 20.3 Å². The quantitative estimate of drug-likeness (QED) is 0.380. The van der Waals surface area contributed by atoms with E-state index < -0.39 is 14.9 Å². The molecule has 0 aliphatic rings. The van der Waals surface area contributed by atoms with Crippen LogP contribution in [0.25, 0.3) is 0 Å². The molecule has 0 aliphatic heterocycles. The number of anilines is 1. The second-order valence-corrected chi connectivity index (χ2v) is 6.70. The first-order valence-electron chi connectivity index (χ1n) is 7.53. The maximum Gasteiger partial charge on any atom is 0.270 e. The van der Waals surface area contributed by atoms with E-state index in [0.29, 0.717) is 12.1 Å². The normalized spacial score (nSPS) is 11.7. The van der Waals surface area contributed by atoms with Crippen LogP contribution in [0.4, 0.5) is 11.4 Å². The van der Waals surface area contributed by atoms with Gasteiger partial charge in [-0.15, -0.1) is 0 Å². The van der Waals surface area contributed by atoms with Gasteiger partial charge in [-0.2, -0.15) is 0 Å². The molecule has 0 atom stereocenters. The van der Waals surface area contributed by atoms with Gasteiger partial charge in [-0.3, -0.25) is 10.1 Å². The molecule has 1 aromatic rings. The highest BCUT2D eigenvalue weighted by molar-refractivity contribution is 7.89. The fraction of sp³-hybridized carbons (Fsp3) is 0.571. The molecule has 1 rings (SSSR count). The summed E-state index contributed by atoms with van der Waals surface area (Å²) in [4.78, 5) is 12.3. The first kappa shape index (κ1) is 19.3. The molecule has 23 heavy (non-hydrogen) atoms. The number of non-ortho nitro benzene ring substituents is 1. The second kappa shape index (κ2) is 8.80. The highest BCUT2D eigenvalue weighted by atomic mass is 32.2. The summed E-state index contributed by atoms with van der Waals surface area (Å²) in [6.45, 7) is 7.01. The summed E-state index contributed by atoms with van der Waals surface area (Å²) < 4.78 is 27.3. The van der Waals surface area contributed by atoms with Crippen molar-refractivity contribution in [2.24, 2.45) is 0 Å². The summed E-state index contributed by atoms with van der Waals surface area (Å²) in [6, 6.07) is 3.73. The van der Waals surface area contributed by atoms with Crippen molar-refractivity contribution in [3.63, 3.8) is 0 Å². The van der Waals surface area contributed by atoms with Crippen LogP contribution in [0.2, 0.25) is 0 Å². The third-order valence-electron chi connectivity index (χ3n) is 3.57. The minimum absolute atomic E-state index is 0.114. The minimum atomic E-state index is -3.81. The van der Waals surface area contributed by atoms with Crippen molar-refractivity contribution in [3.8, 4) is 0 Å². The van der Waals surface area contributed by atoms with Gasteiger partial charge in [0.25, 0.3) is 5.69 Å². The minimum Gasteiger partial charge on any atom is -0.387 e. The van der Waals surface area contributed by atoms with Crippen LogP contribution in [0.3, 0.4) is 0 Å². The van der Waals surface area contributed by atoms with Crippen LogP contribution in [0, 0.1) is 10.1 Å². The molecule has 0 unspecified atom stereocenters. The van der Waals surface area contributed by atoms with E-state index in [4.69, 9.17) is 0 Å². The number of nitro groups is 1. The van der Waals surface area contributed by atoms with E-state index in [2.05, 4.69) is 28.8 Å². The molecule has 0 fully saturated rings. The first-order chi connectivity index (χ1) is 10.9. The summed E-state index contributed by atoms with van der Waals surface area (Å²) in [5, 5.41) is 13.6. The summed E-state index contributed by atoms with van der Waals surface area (Å²) in [5.74, 6) is 0. The second-order valence-electron chi connectivity index (χ2n) is 4.97. The molecule has 8 nitrogen and oxygen atoms in total. The molecule has 0 radical (unpaired) electrons. The average Bonchev–Trinajstić information content (AvgIpc) is 2.54. The monoisotopic (exact) mass is 344 g/mol. The largest absolute Gasteiger partial charge is 0.387 e. The number of hydrogen-bond acceptors (Lipinski definition) is 6. The number of nitrogens with zero attached hydrogens (tertiary/aromatic N) is 2. The van der Waals surface area contributed by atoms with Crippen molar-refractivity contribution in [1.82, 2.24) is 9.62 Å². The van der Waals surface area contributed by atoms with Gasteiger partial charge < -0.3 is 10.2 Å². The van der Waals surface area contributed by atoms with E-state index in [9.17, 15) is 18.5 Å². The van der Waals surface area contributed by atoms with Crippen molar-refractivity contribution in [1.29, 1.82) is 0 Å². The van der Waals surface area contributed by atoms with Crippen LogP contribution in [-0.4, -0.2) is 51.5 Å². The van der Waals surface area contributed by atoms with Crippen molar-refractivity contribution in [2.45, 2.75) is 25.2 Å². The molecule has 0 amide bonds. The van der Waals surface area contributed by atoms with Crippen LogP contribution in [-0.2, 0) is 10.0 Å². The number of hydrogen-bond donors (Lipinski definition) is 2. The SMILES string of the molecule is CCN(CC)CCCNS(=O)(=O)c1cc([N+](=O)[O-])ccc1NC. The molecule has 0 saturated heterocycles. The molecule has 9 heteroatoms. The molecular formula is C14H24N4O4S. The maximum absolute atomic E-state index is 12.4. The van der Waals surface area contributed by atoms with E-state index in [1.165, 1.54) is 12.1 Å². The molecule has 0 aliphatic carbocycles. The Kier molecular flexibility index (Phi) is 7.40. The molecular weight excluding hydrogens is 320 g/mol. The highest BCUT2D eigenvalue weighted by Gasteiger charge is 2.21. The highest BCUT2D eigenvalue weighted by Crippen LogP contribution is 2.25. The molecule has 2 N–H and O–H groups in total. The summed E-state index contributed by atoms with van der Waals surface area (Å²) in [5.41, 5.74) is 0.0689. The lowest BCUT2D eigenvalue weighted by Gasteiger charge is -2.18. The summed E-state index contributed by atoms with van der Waals surface area (Å²) in [7, 11) is -2.24. The van der Waals surface area contributed by atoms with Gasteiger partial charge in [-0.05, 0) is 32.1 Å². The van der Waals surface area contributed by atoms with Gasteiger partial charge >= 0.3 is 0 Å². The van der Waals surface area contributed by atoms with Crippen LogP contribution in [0.15, 0.2) is 23.1 Å². The van der Waals surface area contributed by atoms with E-state index >= 15 is 0 Å². The third kappa shape index (κ3) is 5.45. The fourth-order valence-corrected chi connectivity index (χ4v) is 3.48.